The number of Topliss-reactive ketones (excluding diaryl/α,β-unsaturated/α-hetero) is 1. The van der Waals surface area contributed by atoms with Gasteiger partial charge in [0.1, 0.15) is 6.61 Å². The van der Waals surface area contributed by atoms with Crippen LogP contribution in [0.4, 0.5) is 0 Å². The van der Waals surface area contributed by atoms with E-state index in [1.165, 1.54) is 0 Å². The highest BCUT2D eigenvalue weighted by Gasteiger charge is 2.29. The normalized spacial score (nSPS) is 12.2. The summed E-state index contributed by atoms with van der Waals surface area (Å²) in [6, 6.07) is 0. The second kappa shape index (κ2) is 5.35. The van der Waals surface area contributed by atoms with Gasteiger partial charge in [-0.25, -0.2) is 0 Å². The highest BCUT2D eigenvalue weighted by atomic mass is 16.5. The summed E-state index contributed by atoms with van der Waals surface area (Å²) in [4.78, 5) is 13.5. The van der Waals surface area contributed by atoms with Gasteiger partial charge in [-0.1, -0.05) is 6.92 Å². The molecule has 0 aromatic rings. The van der Waals surface area contributed by atoms with Crippen molar-refractivity contribution in [1.82, 2.24) is 4.90 Å². The number of likely N-dealkylation sites (N-methyl/N-ethyl adjacent to an activating group) is 1. The Labute approximate surface area is 81.1 Å². The number of rotatable bonds is 6. The molecule has 0 fully saturated rings. The molecule has 78 valence electrons. The van der Waals surface area contributed by atoms with Gasteiger partial charge in [-0.2, -0.15) is 0 Å². The number of carbonyl (C=O) groups is 1. The molecule has 0 amide bonds. The van der Waals surface area contributed by atoms with Crippen LogP contribution in [0.25, 0.3) is 0 Å². The van der Waals surface area contributed by atoms with Crippen molar-refractivity contribution < 1.29 is 9.53 Å². The van der Waals surface area contributed by atoms with Crippen molar-refractivity contribution in [2.45, 2.75) is 32.7 Å². The monoisotopic (exact) mass is 187 g/mol. The Morgan fingerprint density at radius 1 is 1.38 bits per heavy atom. The van der Waals surface area contributed by atoms with Gasteiger partial charge in [-0.3, -0.25) is 9.69 Å². The zero-order valence-corrected chi connectivity index (χ0v) is 9.39. The minimum atomic E-state index is -0.423. The smallest absolute Gasteiger partial charge is 0.178 e. The van der Waals surface area contributed by atoms with Crippen molar-refractivity contribution in [3.63, 3.8) is 0 Å². The highest BCUT2D eigenvalue weighted by Crippen LogP contribution is 2.11. The van der Waals surface area contributed by atoms with Crippen molar-refractivity contribution in [1.29, 1.82) is 0 Å². The quantitative estimate of drug-likeness (QED) is 0.587. The van der Waals surface area contributed by atoms with Gasteiger partial charge in [-0.15, -0.1) is 0 Å². The topological polar surface area (TPSA) is 29.5 Å². The first-order valence-corrected chi connectivity index (χ1v) is 4.71. The summed E-state index contributed by atoms with van der Waals surface area (Å²) >= 11 is 0. The van der Waals surface area contributed by atoms with Gasteiger partial charge in [0.25, 0.3) is 0 Å². The maximum absolute atomic E-state index is 11.6. The lowest BCUT2D eigenvalue weighted by molar-refractivity contribution is -0.132. The van der Waals surface area contributed by atoms with Crippen LogP contribution in [0, 0.1) is 0 Å². The molecule has 0 saturated carbocycles. The SMILES string of the molecule is CCCOCC(=O)C(C)(C)N(C)C. The van der Waals surface area contributed by atoms with Gasteiger partial charge in [0.2, 0.25) is 0 Å². The molecule has 3 heteroatoms. The Morgan fingerprint density at radius 2 is 1.92 bits per heavy atom. The summed E-state index contributed by atoms with van der Waals surface area (Å²) < 4.78 is 5.20. The van der Waals surface area contributed by atoms with E-state index in [-0.39, 0.29) is 12.4 Å². The second-order valence-corrected chi connectivity index (χ2v) is 3.93. The second-order valence-electron chi connectivity index (χ2n) is 3.93. The minimum Gasteiger partial charge on any atom is -0.374 e. The average Bonchev–Trinajstić information content (AvgIpc) is 2.04. The van der Waals surface area contributed by atoms with Gasteiger partial charge in [0, 0.05) is 6.61 Å². The Kier molecular flexibility index (Phi) is 5.18. The van der Waals surface area contributed by atoms with Crippen LogP contribution in [0.3, 0.4) is 0 Å². The van der Waals surface area contributed by atoms with Crippen molar-refractivity contribution in [3.8, 4) is 0 Å². The third-order valence-corrected chi connectivity index (χ3v) is 2.38. The maximum atomic E-state index is 11.6. The summed E-state index contributed by atoms with van der Waals surface area (Å²) in [5.41, 5.74) is -0.423. The molecule has 0 rings (SSSR count). The average molecular weight is 187 g/mol. The molecule has 0 saturated heterocycles. The van der Waals surface area contributed by atoms with E-state index >= 15 is 0 Å². The molecule has 0 aliphatic carbocycles. The first-order chi connectivity index (χ1) is 5.92. The van der Waals surface area contributed by atoms with Crippen LogP contribution >= 0.6 is 0 Å². The number of nitrogens with zero attached hydrogens (tertiary/aromatic N) is 1. The molecule has 0 atom stereocenters. The van der Waals surface area contributed by atoms with E-state index in [0.29, 0.717) is 6.61 Å². The van der Waals surface area contributed by atoms with Crippen LogP contribution in [0.1, 0.15) is 27.2 Å². The molecule has 0 spiro atoms. The van der Waals surface area contributed by atoms with Crippen molar-refractivity contribution in [2.75, 3.05) is 27.3 Å². The van der Waals surface area contributed by atoms with Crippen LogP contribution in [-0.4, -0.2) is 43.5 Å². The van der Waals surface area contributed by atoms with E-state index in [0.717, 1.165) is 6.42 Å². The summed E-state index contributed by atoms with van der Waals surface area (Å²) in [6.07, 6.45) is 0.954. The van der Waals surface area contributed by atoms with Crippen molar-refractivity contribution in [3.05, 3.63) is 0 Å². The molecular weight excluding hydrogens is 166 g/mol. The molecule has 0 N–H and O–H groups in total. The van der Waals surface area contributed by atoms with E-state index in [9.17, 15) is 4.79 Å². The lowest BCUT2D eigenvalue weighted by atomic mass is 9.98. The standard InChI is InChI=1S/C10H21NO2/c1-6-7-13-8-9(12)10(2,3)11(4)5/h6-8H2,1-5H3. The van der Waals surface area contributed by atoms with Crippen LogP contribution in [0.2, 0.25) is 0 Å². The summed E-state index contributed by atoms with van der Waals surface area (Å²) in [6.45, 7) is 6.73. The number of ketones is 1. The first kappa shape index (κ1) is 12.6. The predicted molar refractivity (Wildman–Crippen MR) is 53.9 cm³/mol. The predicted octanol–water partition coefficient (Wildman–Crippen LogP) is 1.32. The Bertz CT molecular complexity index is 164. The number of hydrogen-bond acceptors (Lipinski definition) is 3. The Morgan fingerprint density at radius 3 is 2.31 bits per heavy atom. The zero-order chi connectivity index (χ0) is 10.5. The first-order valence-electron chi connectivity index (χ1n) is 4.71. The molecular formula is C10H21NO2. The third-order valence-electron chi connectivity index (χ3n) is 2.38. The summed E-state index contributed by atoms with van der Waals surface area (Å²) in [5, 5.41) is 0. The molecule has 0 aliphatic rings. The molecule has 0 unspecified atom stereocenters. The molecule has 0 heterocycles. The van der Waals surface area contributed by atoms with Crippen LogP contribution in [-0.2, 0) is 9.53 Å². The van der Waals surface area contributed by atoms with E-state index < -0.39 is 5.54 Å². The summed E-state index contributed by atoms with van der Waals surface area (Å²) in [5.74, 6) is 0.131. The Balaban J connectivity index is 3.95. The van der Waals surface area contributed by atoms with Gasteiger partial charge in [0.05, 0.1) is 5.54 Å². The van der Waals surface area contributed by atoms with Gasteiger partial charge >= 0.3 is 0 Å². The fraction of sp³-hybridized carbons (Fsp3) is 0.900. The molecule has 0 aromatic carbocycles. The molecule has 13 heavy (non-hydrogen) atoms. The largest absolute Gasteiger partial charge is 0.374 e. The zero-order valence-electron chi connectivity index (χ0n) is 9.39. The van der Waals surface area contributed by atoms with Crippen LogP contribution in [0.5, 0.6) is 0 Å². The van der Waals surface area contributed by atoms with Crippen molar-refractivity contribution >= 4 is 5.78 Å². The highest BCUT2D eigenvalue weighted by molar-refractivity contribution is 5.88. The molecule has 0 radical (unpaired) electrons. The van der Waals surface area contributed by atoms with E-state index in [4.69, 9.17) is 4.74 Å². The third kappa shape index (κ3) is 3.87. The molecule has 0 bridgehead atoms. The van der Waals surface area contributed by atoms with Gasteiger partial charge in [-0.05, 0) is 34.4 Å². The number of ether oxygens (including phenoxy) is 1. The van der Waals surface area contributed by atoms with Gasteiger partial charge < -0.3 is 4.74 Å². The fourth-order valence-corrected chi connectivity index (χ4v) is 0.735. The Hall–Kier alpha value is -0.410. The van der Waals surface area contributed by atoms with Crippen LogP contribution in [0.15, 0.2) is 0 Å². The lowest BCUT2D eigenvalue weighted by Gasteiger charge is -2.30. The maximum Gasteiger partial charge on any atom is 0.178 e. The van der Waals surface area contributed by atoms with Crippen LogP contribution < -0.4 is 0 Å². The number of carbonyl (C=O) groups excluding carboxylic acids is 1. The molecule has 0 aromatic heterocycles. The van der Waals surface area contributed by atoms with E-state index in [2.05, 4.69) is 0 Å². The molecule has 0 aliphatic heterocycles. The lowest BCUT2D eigenvalue weighted by Crippen LogP contribution is -2.47. The molecule has 3 nitrogen and oxygen atoms in total. The van der Waals surface area contributed by atoms with Gasteiger partial charge in [0.15, 0.2) is 5.78 Å². The van der Waals surface area contributed by atoms with Crippen molar-refractivity contribution in [2.24, 2.45) is 0 Å². The minimum absolute atomic E-state index is 0.131. The number of hydrogen-bond donors (Lipinski definition) is 0. The summed E-state index contributed by atoms with van der Waals surface area (Å²) in [7, 11) is 3.80. The van der Waals surface area contributed by atoms with E-state index in [1.54, 1.807) is 0 Å². The van der Waals surface area contributed by atoms with E-state index in [1.807, 2.05) is 39.8 Å². The fourth-order valence-electron chi connectivity index (χ4n) is 0.735.